The van der Waals surface area contributed by atoms with Gasteiger partial charge in [0, 0.05) is 59.6 Å². The van der Waals surface area contributed by atoms with E-state index in [2.05, 4.69) is 5.32 Å². The van der Waals surface area contributed by atoms with Crippen molar-refractivity contribution in [1.82, 2.24) is 5.32 Å². The van der Waals surface area contributed by atoms with Gasteiger partial charge in [0.15, 0.2) is 11.5 Å². The van der Waals surface area contributed by atoms with Crippen LogP contribution in [0.1, 0.15) is 90.2 Å². The Kier molecular flexibility index (Phi) is 17.3. The molecule has 0 radical (unpaired) electrons. The minimum atomic E-state index is -5.56. The van der Waals surface area contributed by atoms with Gasteiger partial charge in [0.25, 0.3) is 30.4 Å². The van der Waals surface area contributed by atoms with Gasteiger partial charge < -0.3 is 19.9 Å². The molecule has 0 saturated heterocycles. The fourth-order valence-electron chi connectivity index (χ4n) is 9.43. The van der Waals surface area contributed by atoms with Crippen LogP contribution in [0, 0.1) is 5.41 Å². The number of hydrogen-bond donors (Lipinski definition) is 5. The predicted molar refractivity (Wildman–Crippen MR) is 256 cm³/mol. The molecular formula is C46H56F3N3O16S4. The van der Waals surface area contributed by atoms with E-state index in [1.807, 2.05) is 0 Å². The molecule has 1 atom stereocenters. The molecule has 2 heterocycles. The zero-order valence-corrected chi connectivity index (χ0v) is 42.9. The predicted octanol–water partition coefficient (Wildman–Crippen LogP) is 5.58. The number of unbranched alkanes of at least 4 members (excludes halogenated alkanes) is 2. The Morgan fingerprint density at radius 2 is 1.42 bits per heavy atom. The lowest BCUT2D eigenvalue weighted by molar-refractivity contribution is -0.437. The third kappa shape index (κ3) is 13.8. The zero-order chi connectivity index (χ0) is 54.0. The molecule has 5 N–H and O–H groups in total. The number of nitrogens with zero attached hydrogens (tertiary/aromatic N) is 2. The summed E-state index contributed by atoms with van der Waals surface area (Å²) in [6, 6.07) is 7.32. The highest BCUT2D eigenvalue weighted by molar-refractivity contribution is 7.86. The number of Topliss-reactive ketones (excluding diaryl/α,β-unsaturated/α-hetero) is 2. The molecule has 0 bridgehead atoms. The number of halogens is 3. The maximum atomic E-state index is 14.9. The summed E-state index contributed by atoms with van der Waals surface area (Å²) in [7, 11) is -18.6. The summed E-state index contributed by atoms with van der Waals surface area (Å²) in [5, 5.41) is 11.7. The van der Waals surface area contributed by atoms with Crippen LogP contribution in [0.25, 0.3) is 0 Å². The number of anilines is 1. The van der Waals surface area contributed by atoms with E-state index in [4.69, 9.17) is 5.11 Å². The van der Waals surface area contributed by atoms with Crippen molar-refractivity contribution in [1.29, 1.82) is 0 Å². The molecule has 19 nitrogen and oxygen atoms in total. The summed E-state index contributed by atoms with van der Waals surface area (Å²) in [4.78, 5) is 39.8. The number of rotatable bonds is 23. The minimum absolute atomic E-state index is 0.00209. The van der Waals surface area contributed by atoms with Gasteiger partial charge in [-0.15, -0.1) is 0 Å². The van der Waals surface area contributed by atoms with Gasteiger partial charge in [0.05, 0.1) is 37.6 Å². The standard InChI is InChI=1S/C46H56F3N3O16S4/c1-43(2)34-25-32(71(63,64)65)13-15-36(34)51(20-8-22-69(57,58)59)38(43)17-11-30-24-31(28-45(27-30,42(56)46(47,48)49)40(53)29-50-19-7-5-6-10-41(54)55)12-18-39-44(3,4)35-26-33(72(66,67)68)14-16-37(35)52(39)21-9-23-70(60,61)62/h11-18,24-26,50H,5-10,19-23,27-29H2,1-4H3,(H4-,54,55,57,58,59,60,61,62,63,64,65,66,67,68). The molecule has 0 amide bonds. The highest BCUT2D eigenvalue weighted by Crippen LogP contribution is 2.50. The molecule has 26 heteroatoms. The van der Waals surface area contributed by atoms with Gasteiger partial charge in [-0.2, -0.15) is 43.0 Å². The first kappa shape index (κ1) is 58.0. The first-order valence-electron chi connectivity index (χ1n) is 22.4. The number of allylic oxidation sites excluding steroid dienone is 8. The van der Waals surface area contributed by atoms with Crippen LogP contribution in [0.5, 0.6) is 0 Å². The Balaban J connectivity index is 1.70. The molecule has 2 aromatic rings. The molecule has 1 unspecified atom stereocenters. The highest BCUT2D eigenvalue weighted by atomic mass is 32.2. The molecule has 1 aliphatic carbocycles. The smallest absolute Gasteiger partial charge is 0.451 e. The van der Waals surface area contributed by atoms with Crippen molar-refractivity contribution in [2.24, 2.45) is 5.41 Å². The third-order valence-corrected chi connectivity index (χ3v) is 16.2. The van der Waals surface area contributed by atoms with Gasteiger partial charge in [-0.1, -0.05) is 38.5 Å². The second kappa shape index (κ2) is 21.5. The summed E-state index contributed by atoms with van der Waals surface area (Å²) in [6.07, 6.45) is 0.412. The van der Waals surface area contributed by atoms with Crippen LogP contribution in [-0.4, -0.2) is 129 Å². The normalized spacial score (nSPS) is 20.3. The SMILES string of the molecule is CC1(C)C(/C=C/C2=CC(=C/C=C3/N(CCCS(=O)(=O)O)c4ccc(S(=O)(=O)O)cc4C3(C)C)/CC(C(=O)CNCCCCCC(=O)O)(C(=O)C(F)(F)F)C2)=[N+](CCCS(=O)(=O)[O-])c2ccc(S(=O)(=O)O)cc21. The van der Waals surface area contributed by atoms with Crippen molar-refractivity contribution in [2.45, 2.75) is 106 Å². The molecule has 0 spiro atoms. The van der Waals surface area contributed by atoms with Crippen LogP contribution in [0.2, 0.25) is 0 Å². The molecule has 0 saturated carbocycles. The molecule has 72 heavy (non-hydrogen) atoms. The van der Waals surface area contributed by atoms with Crippen LogP contribution < -0.4 is 10.2 Å². The van der Waals surface area contributed by atoms with Crippen molar-refractivity contribution >= 4 is 75.1 Å². The van der Waals surface area contributed by atoms with Gasteiger partial charge in [-0.05, 0) is 106 Å². The van der Waals surface area contributed by atoms with Crippen LogP contribution in [0.15, 0.2) is 93.4 Å². The molecule has 2 aliphatic heterocycles. The first-order chi connectivity index (χ1) is 33.0. The fourth-order valence-corrected chi connectivity index (χ4v) is 11.4. The largest absolute Gasteiger partial charge is 0.748 e. The number of ketones is 2. The third-order valence-electron chi connectivity index (χ3n) is 12.9. The number of nitrogens with one attached hydrogen (secondary N) is 1. The van der Waals surface area contributed by atoms with Crippen molar-refractivity contribution < 1.29 is 89.1 Å². The van der Waals surface area contributed by atoms with Gasteiger partial charge >= 0.3 is 12.1 Å². The summed E-state index contributed by atoms with van der Waals surface area (Å²) < 4.78 is 183. The Labute approximate surface area is 416 Å². The number of carboxylic acids is 1. The lowest BCUT2D eigenvalue weighted by Crippen LogP contribution is -2.51. The number of hydrogen-bond acceptors (Lipinski definition) is 14. The number of carbonyl (C=O) groups excluding carboxylic acids is 2. The van der Waals surface area contributed by atoms with E-state index >= 15 is 0 Å². The molecule has 5 rings (SSSR count). The van der Waals surface area contributed by atoms with E-state index in [0.717, 1.165) is 12.1 Å². The molecule has 3 aliphatic rings. The van der Waals surface area contributed by atoms with E-state index in [1.54, 1.807) is 37.2 Å². The average molecular weight is 1090 g/mol. The molecule has 0 aromatic heterocycles. The summed E-state index contributed by atoms with van der Waals surface area (Å²) in [5.74, 6) is -6.00. The second-order valence-corrected chi connectivity index (χ2v) is 24.9. The van der Waals surface area contributed by atoms with E-state index in [1.165, 1.54) is 54.6 Å². The number of benzene rings is 2. The number of aliphatic carboxylic acids is 1. The van der Waals surface area contributed by atoms with Crippen molar-refractivity contribution in [3.05, 3.63) is 94.7 Å². The van der Waals surface area contributed by atoms with Crippen molar-refractivity contribution in [3.63, 3.8) is 0 Å². The lowest BCUT2D eigenvalue weighted by atomic mass is 9.66. The van der Waals surface area contributed by atoms with E-state index in [0.29, 0.717) is 53.2 Å². The second-order valence-electron chi connectivity index (χ2n) is 18.9. The molecule has 396 valence electrons. The molecular weight excluding hydrogens is 1040 g/mol. The fraction of sp³-hybridized carbons (Fsp3) is 0.478. The van der Waals surface area contributed by atoms with Crippen LogP contribution >= 0.6 is 0 Å². The maximum Gasteiger partial charge on any atom is 0.451 e. The first-order valence-corrected chi connectivity index (χ1v) is 28.5. The van der Waals surface area contributed by atoms with Gasteiger partial charge in [-0.3, -0.25) is 28.0 Å². The lowest BCUT2D eigenvalue weighted by Gasteiger charge is -2.36. The van der Waals surface area contributed by atoms with Crippen LogP contribution in [-0.2, 0) is 65.7 Å². The highest BCUT2D eigenvalue weighted by Gasteiger charge is 2.58. The number of carbonyl (C=O) groups is 3. The summed E-state index contributed by atoms with van der Waals surface area (Å²) >= 11 is 0. The number of alkyl halides is 3. The molecule has 2 aromatic carbocycles. The quantitative estimate of drug-likeness (QED) is 0.0393. The topological polar surface area (TPSA) is 310 Å². The summed E-state index contributed by atoms with van der Waals surface area (Å²) in [5.41, 5.74) is -3.14. The Hall–Kier alpha value is -4.93. The average Bonchev–Trinajstić information content (AvgIpc) is 3.59. The molecule has 0 fully saturated rings. The van der Waals surface area contributed by atoms with Crippen LogP contribution in [0.4, 0.5) is 24.5 Å². The number of carboxylic acid groups (broad SMARTS) is 1. The monoisotopic (exact) mass is 1090 g/mol. The zero-order valence-electron chi connectivity index (χ0n) is 39.6. The van der Waals surface area contributed by atoms with E-state index < -0.39 is 121 Å². The summed E-state index contributed by atoms with van der Waals surface area (Å²) in [6.45, 7) is 5.73. The van der Waals surface area contributed by atoms with Crippen molar-refractivity contribution in [3.8, 4) is 0 Å². The Morgan fingerprint density at radius 1 is 0.792 bits per heavy atom. The maximum absolute atomic E-state index is 14.9. The van der Waals surface area contributed by atoms with E-state index in [-0.39, 0.29) is 50.0 Å². The van der Waals surface area contributed by atoms with Gasteiger partial charge in [0.1, 0.15) is 12.0 Å². The van der Waals surface area contributed by atoms with Crippen LogP contribution in [0.3, 0.4) is 0 Å². The Bertz CT molecular complexity index is 3140. The number of fused-ring (bicyclic) bond motifs is 2. The van der Waals surface area contributed by atoms with Gasteiger partial charge in [0.2, 0.25) is 11.5 Å². The van der Waals surface area contributed by atoms with Crippen molar-refractivity contribution in [2.75, 3.05) is 42.6 Å². The van der Waals surface area contributed by atoms with Gasteiger partial charge in [-0.25, -0.2) is 8.42 Å². The minimum Gasteiger partial charge on any atom is -0.748 e. The Morgan fingerprint density at radius 3 is 2.00 bits per heavy atom. The van der Waals surface area contributed by atoms with E-state index in [9.17, 15) is 79.4 Å².